The first-order valence-corrected chi connectivity index (χ1v) is 24.4. The maximum absolute atomic E-state index is 18.3. The second kappa shape index (κ2) is 19.3. The summed E-state index contributed by atoms with van der Waals surface area (Å²) >= 11 is 0. The standard InChI is InChI=1S/C68H38F2N6/c69-65-55(47-19-11-43(39-71)12-20-47)33-35-57(49-23-15-45(41-73)16-24-49)67(65)75(53-7-3-1-4-8-53)61-37-29-51-28-32-60-62(38-30-52-27-31-59(61)63(51)64(52)60)76(54-9-5-2-6-10-54)68-58(50-25-17-46(42-74)18-26-50)36-34-56(66(68)70)48-21-13-44(40-72)14-22-48/h1-38H. The summed E-state index contributed by atoms with van der Waals surface area (Å²) in [5, 5.41) is 44.1. The van der Waals surface area contributed by atoms with Crippen LogP contribution in [0.15, 0.2) is 231 Å². The Morgan fingerprint density at radius 1 is 0.289 bits per heavy atom. The Hall–Kier alpha value is -10.9. The molecule has 0 aliphatic rings. The van der Waals surface area contributed by atoms with Gasteiger partial charge in [-0.05, 0) is 129 Å². The maximum Gasteiger partial charge on any atom is 0.155 e. The molecule has 8 heteroatoms. The van der Waals surface area contributed by atoms with Crippen LogP contribution in [0.4, 0.5) is 42.9 Å². The zero-order valence-corrected chi connectivity index (χ0v) is 40.4. The van der Waals surface area contributed by atoms with Crippen molar-refractivity contribution in [3.63, 3.8) is 0 Å². The third-order valence-electron chi connectivity index (χ3n) is 14.1. The summed E-state index contributed by atoms with van der Waals surface area (Å²) in [5.74, 6) is -0.963. The summed E-state index contributed by atoms with van der Waals surface area (Å²) < 4.78 is 36.6. The molecule has 0 N–H and O–H groups in total. The molecule has 0 fully saturated rings. The van der Waals surface area contributed by atoms with Gasteiger partial charge in [-0.1, -0.05) is 146 Å². The highest BCUT2D eigenvalue weighted by atomic mass is 19.1. The highest BCUT2D eigenvalue weighted by molar-refractivity contribution is 6.28. The van der Waals surface area contributed by atoms with E-state index in [2.05, 4.69) is 60.7 Å². The van der Waals surface area contributed by atoms with E-state index in [0.717, 1.165) is 32.3 Å². The van der Waals surface area contributed by atoms with Gasteiger partial charge < -0.3 is 9.80 Å². The van der Waals surface area contributed by atoms with Crippen LogP contribution < -0.4 is 9.80 Å². The highest BCUT2D eigenvalue weighted by Gasteiger charge is 2.29. The number of para-hydroxylation sites is 2. The van der Waals surface area contributed by atoms with Gasteiger partial charge in [0.1, 0.15) is 0 Å². The average Bonchev–Trinajstić information content (AvgIpc) is 3.52. The van der Waals surface area contributed by atoms with Crippen molar-refractivity contribution < 1.29 is 8.78 Å². The average molecular weight is 977 g/mol. The molecule has 0 aliphatic heterocycles. The predicted octanol–water partition coefficient (Wildman–Crippen LogP) is 18.0. The lowest BCUT2D eigenvalue weighted by atomic mass is 9.90. The van der Waals surface area contributed by atoms with E-state index in [-0.39, 0.29) is 11.4 Å². The van der Waals surface area contributed by atoms with E-state index in [4.69, 9.17) is 0 Å². The Labute approximate surface area is 437 Å². The van der Waals surface area contributed by atoms with Crippen LogP contribution in [-0.2, 0) is 0 Å². The SMILES string of the molecule is N#Cc1ccc(-c2ccc(-c3ccc(C#N)cc3)c(N(c3ccccc3)c3ccc4ccc5c(N(c6ccccc6)c6c(-c7ccc(C#N)cc7)ccc(-c7ccc(C#N)cc7)c6F)ccc6ccc3c4c65)c2F)cc1. The van der Waals surface area contributed by atoms with Gasteiger partial charge in [-0.2, -0.15) is 21.0 Å². The summed E-state index contributed by atoms with van der Waals surface area (Å²) in [7, 11) is 0. The van der Waals surface area contributed by atoms with E-state index in [1.807, 2.05) is 119 Å². The van der Waals surface area contributed by atoms with Gasteiger partial charge in [-0.25, -0.2) is 8.78 Å². The molecule has 0 atom stereocenters. The molecule has 12 aromatic rings. The molecular formula is C68H38F2N6. The van der Waals surface area contributed by atoms with Crippen LogP contribution >= 0.6 is 0 Å². The van der Waals surface area contributed by atoms with E-state index in [1.165, 1.54) is 0 Å². The molecule has 12 aromatic carbocycles. The quantitative estimate of drug-likeness (QED) is 0.127. The number of benzene rings is 12. The summed E-state index contributed by atoms with van der Waals surface area (Å²) in [5.41, 5.74) is 9.75. The minimum atomic E-state index is -0.481. The van der Waals surface area contributed by atoms with Crippen molar-refractivity contribution in [3.8, 4) is 68.8 Å². The smallest absolute Gasteiger partial charge is 0.155 e. The van der Waals surface area contributed by atoms with Gasteiger partial charge in [0.25, 0.3) is 0 Å². The van der Waals surface area contributed by atoms with Crippen molar-refractivity contribution >= 4 is 66.4 Å². The molecule has 0 spiro atoms. The lowest BCUT2D eigenvalue weighted by molar-refractivity contribution is 0.632. The Morgan fingerprint density at radius 3 is 0.895 bits per heavy atom. The molecule has 0 bridgehead atoms. The van der Waals surface area contributed by atoms with Gasteiger partial charge in [0.2, 0.25) is 0 Å². The van der Waals surface area contributed by atoms with Gasteiger partial charge in [-0.15, -0.1) is 0 Å². The van der Waals surface area contributed by atoms with Crippen LogP contribution in [0.1, 0.15) is 22.3 Å². The van der Waals surface area contributed by atoms with Gasteiger partial charge in [0, 0.05) is 44.4 Å². The number of rotatable bonds is 10. The molecule has 0 heterocycles. The summed E-state index contributed by atoms with van der Waals surface area (Å²) in [6.45, 7) is 0. The first-order valence-electron chi connectivity index (χ1n) is 24.4. The Morgan fingerprint density at radius 2 is 0.579 bits per heavy atom. The number of anilines is 6. The first kappa shape index (κ1) is 46.2. The number of nitriles is 4. The van der Waals surface area contributed by atoms with Crippen LogP contribution in [0.25, 0.3) is 76.8 Å². The molecule has 0 aliphatic carbocycles. The van der Waals surface area contributed by atoms with Gasteiger partial charge in [-0.3, -0.25) is 0 Å². The molecule has 0 saturated heterocycles. The zero-order chi connectivity index (χ0) is 51.9. The lowest BCUT2D eigenvalue weighted by Crippen LogP contribution is -2.15. The number of hydrogen-bond donors (Lipinski definition) is 0. The fourth-order valence-corrected chi connectivity index (χ4v) is 10.5. The molecule has 0 radical (unpaired) electrons. The van der Waals surface area contributed by atoms with Crippen LogP contribution in [0, 0.1) is 57.0 Å². The summed E-state index contributed by atoms with van der Waals surface area (Å²) in [4.78, 5) is 3.93. The number of hydrogen-bond acceptors (Lipinski definition) is 6. The Bertz CT molecular complexity index is 4090. The molecule has 6 nitrogen and oxygen atoms in total. The van der Waals surface area contributed by atoms with Crippen LogP contribution in [0.2, 0.25) is 0 Å². The van der Waals surface area contributed by atoms with E-state index >= 15 is 8.78 Å². The first-order chi connectivity index (χ1) is 37.3. The fraction of sp³-hybridized carbons (Fsp3) is 0. The molecule has 12 rings (SSSR count). The monoisotopic (exact) mass is 976 g/mol. The Kier molecular flexibility index (Phi) is 11.7. The summed E-state index contributed by atoms with van der Waals surface area (Å²) in [6.07, 6.45) is 0. The zero-order valence-electron chi connectivity index (χ0n) is 40.4. The van der Waals surface area contributed by atoms with Crippen LogP contribution in [-0.4, -0.2) is 0 Å². The predicted molar refractivity (Wildman–Crippen MR) is 300 cm³/mol. The van der Waals surface area contributed by atoms with E-state index in [9.17, 15) is 21.0 Å². The third kappa shape index (κ3) is 7.94. The topological polar surface area (TPSA) is 102 Å². The van der Waals surface area contributed by atoms with E-state index in [0.29, 0.717) is 89.5 Å². The largest absolute Gasteiger partial charge is 0.307 e. The van der Waals surface area contributed by atoms with Crippen molar-refractivity contribution in [3.05, 3.63) is 264 Å². The van der Waals surface area contributed by atoms with Gasteiger partial charge >= 0.3 is 0 Å². The third-order valence-corrected chi connectivity index (χ3v) is 14.1. The fourth-order valence-electron chi connectivity index (χ4n) is 10.5. The van der Waals surface area contributed by atoms with E-state index < -0.39 is 11.6 Å². The highest BCUT2D eigenvalue weighted by Crippen LogP contribution is 2.52. The maximum atomic E-state index is 18.3. The molecule has 0 saturated carbocycles. The van der Waals surface area contributed by atoms with Crippen LogP contribution in [0.3, 0.4) is 0 Å². The van der Waals surface area contributed by atoms with Crippen molar-refractivity contribution in [2.24, 2.45) is 0 Å². The Balaban J connectivity index is 1.13. The molecule has 0 amide bonds. The van der Waals surface area contributed by atoms with Crippen LogP contribution in [0.5, 0.6) is 0 Å². The van der Waals surface area contributed by atoms with Gasteiger partial charge in [0.15, 0.2) is 11.6 Å². The second-order valence-corrected chi connectivity index (χ2v) is 18.3. The second-order valence-electron chi connectivity index (χ2n) is 18.3. The minimum absolute atomic E-state index is 0.289. The molecular weight excluding hydrogens is 939 g/mol. The molecule has 354 valence electrons. The van der Waals surface area contributed by atoms with Crippen molar-refractivity contribution in [2.45, 2.75) is 0 Å². The lowest BCUT2D eigenvalue weighted by Gasteiger charge is -2.32. The molecule has 76 heavy (non-hydrogen) atoms. The molecule has 0 unspecified atom stereocenters. The van der Waals surface area contributed by atoms with Crippen molar-refractivity contribution in [1.82, 2.24) is 0 Å². The van der Waals surface area contributed by atoms with Crippen molar-refractivity contribution in [2.75, 3.05) is 9.80 Å². The summed E-state index contributed by atoms with van der Waals surface area (Å²) in [6, 6.07) is 79.9. The number of nitrogens with zero attached hydrogens (tertiary/aromatic N) is 6. The number of halogens is 2. The molecule has 0 aromatic heterocycles. The normalized spacial score (nSPS) is 11.0. The van der Waals surface area contributed by atoms with E-state index in [1.54, 1.807) is 84.9 Å². The van der Waals surface area contributed by atoms with Crippen molar-refractivity contribution in [1.29, 1.82) is 21.0 Å². The van der Waals surface area contributed by atoms with Gasteiger partial charge in [0.05, 0.1) is 69.3 Å². The minimum Gasteiger partial charge on any atom is -0.307 e.